The lowest BCUT2D eigenvalue weighted by Crippen LogP contribution is -2.21. The lowest BCUT2D eigenvalue weighted by atomic mass is 10.2. The van der Waals surface area contributed by atoms with E-state index in [1.807, 2.05) is 60.7 Å². The summed E-state index contributed by atoms with van der Waals surface area (Å²) in [4.78, 5) is 28.9. The average Bonchev–Trinajstić information content (AvgIpc) is 2.89. The van der Waals surface area contributed by atoms with Crippen LogP contribution in [0.15, 0.2) is 113 Å². The largest absolute Gasteiger partial charge is 0.457 e. The highest BCUT2D eigenvalue weighted by molar-refractivity contribution is 7.98. The van der Waals surface area contributed by atoms with E-state index in [4.69, 9.17) is 9.72 Å². The Labute approximate surface area is 204 Å². The molecule has 0 N–H and O–H groups in total. The summed E-state index contributed by atoms with van der Waals surface area (Å²) in [6, 6.07) is 30.3. The number of fused-ring (bicyclic) bond motifs is 1. The molecule has 172 valence electrons. The number of hydrogen-bond donors (Lipinski definition) is 0. The number of nitrogens with zero attached hydrogens (tertiary/aromatic N) is 3. The zero-order chi connectivity index (χ0) is 24.2. The molecule has 0 unspecified atom stereocenters. The van der Waals surface area contributed by atoms with Gasteiger partial charge in [-0.3, -0.25) is 19.5 Å². The van der Waals surface area contributed by atoms with Crippen LogP contribution in [0, 0.1) is 10.1 Å². The maximum absolute atomic E-state index is 13.5. The van der Waals surface area contributed by atoms with Gasteiger partial charge in [-0.05, 0) is 54.1 Å². The standard InChI is InChI=1S/C27H19N3O4S/c31-26-24-11-4-5-12-25(24)28-27(35-18-19-7-6-8-21(17-19)30(32)33)29(26)20-13-15-23(16-14-20)34-22-9-2-1-3-10-22/h1-17H,18H2. The van der Waals surface area contributed by atoms with Crippen molar-refractivity contribution in [1.82, 2.24) is 9.55 Å². The Hall–Kier alpha value is -4.43. The average molecular weight is 482 g/mol. The molecule has 0 bridgehead atoms. The predicted octanol–water partition coefficient (Wildman–Crippen LogP) is 6.38. The Morgan fingerprint density at radius 2 is 1.57 bits per heavy atom. The van der Waals surface area contributed by atoms with Crippen LogP contribution in [-0.2, 0) is 5.75 Å². The molecule has 35 heavy (non-hydrogen) atoms. The summed E-state index contributed by atoms with van der Waals surface area (Å²) >= 11 is 1.35. The van der Waals surface area contributed by atoms with Gasteiger partial charge in [0.1, 0.15) is 11.5 Å². The number of nitro groups is 1. The van der Waals surface area contributed by atoms with E-state index in [9.17, 15) is 14.9 Å². The lowest BCUT2D eigenvalue weighted by molar-refractivity contribution is -0.384. The Morgan fingerprint density at radius 1 is 0.857 bits per heavy atom. The summed E-state index contributed by atoms with van der Waals surface area (Å²) in [6.07, 6.45) is 0. The number of non-ortho nitro benzene ring substituents is 1. The van der Waals surface area contributed by atoms with Crippen molar-refractivity contribution in [2.24, 2.45) is 0 Å². The summed E-state index contributed by atoms with van der Waals surface area (Å²) in [5.41, 5.74) is 1.86. The number of para-hydroxylation sites is 2. The first-order valence-corrected chi connectivity index (χ1v) is 11.8. The zero-order valence-electron chi connectivity index (χ0n) is 18.4. The Bertz CT molecular complexity index is 1570. The SMILES string of the molecule is O=c1c2ccccc2nc(SCc2cccc([N+](=O)[O-])c2)n1-c1ccc(Oc2ccccc2)cc1. The van der Waals surface area contributed by atoms with Crippen LogP contribution in [0.4, 0.5) is 5.69 Å². The fourth-order valence-electron chi connectivity index (χ4n) is 3.63. The second-order valence-electron chi connectivity index (χ2n) is 7.68. The summed E-state index contributed by atoms with van der Waals surface area (Å²) in [5.74, 6) is 1.78. The molecule has 0 fully saturated rings. The van der Waals surface area contributed by atoms with Crippen molar-refractivity contribution in [2.45, 2.75) is 10.9 Å². The predicted molar refractivity (Wildman–Crippen MR) is 137 cm³/mol. The maximum atomic E-state index is 13.5. The van der Waals surface area contributed by atoms with E-state index in [-0.39, 0.29) is 11.2 Å². The van der Waals surface area contributed by atoms with Gasteiger partial charge >= 0.3 is 0 Å². The molecule has 0 radical (unpaired) electrons. The number of nitro benzene ring substituents is 1. The van der Waals surface area contributed by atoms with Crippen molar-refractivity contribution in [1.29, 1.82) is 0 Å². The van der Waals surface area contributed by atoms with E-state index in [1.165, 1.54) is 23.9 Å². The molecule has 1 aromatic heterocycles. The van der Waals surface area contributed by atoms with Crippen LogP contribution in [0.25, 0.3) is 16.6 Å². The van der Waals surface area contributed by atoms with Crippen molar-refractivity contribution in [3.8, 4) is 17.2 Å². The highest BCUT2D eigenvalue weighted by Crippen LogP contribution is 2.28. The molecule has 0 spiro atoms. The molecular formula is C27H19N3O4S. The quantitative estimate of drug-likeness (QED) is 0.116. The third-order valence-electron chi connectivity index (χ3n) is 5.31. The zero-order valence-corrected chi connectivity index (χ0v) is 19.2. The highest BCUT2D eigenvalue weighted by Gasteiger charge is 2.14. The van der Waals surface area contributed by atoms with E-state index in [2.05, 4.69) is 0 Å². The minimum atomic E-state index is -0.419. The van der Waals surface area contributed by atoms with E-state index in [1.54, 1.807) is 34.9 Å². The van der Waals surface area contributed by atoms with E-state index >= 15 is 0 Å². The molecule has 0 saturated carbocycles. The first kappa shape index (κ1) is 22.4. The minimum Gasteiger partial charge on any atom is -0.457 e. The molecule has 8 heteroatoms. The molecule has 5 aromatic rings. The second-order valence-corrected chi connectivity index (χ2v) is 8.62. The minimum absolute atomic E-state index is 0.0287. The van der Waals surface area contributed by atoms with Crippen molar-refractivity contribution >= 4 is 28.4 Å². The van der Waals surface area contributed by atoms with Crippen molar-refractivity contribution < 1.29 is 9.66 Å². The summed E-state index contributed by atoms with van der Waals surface area (Å²) < 4.78 is 7.44. The van der Waals surface area contributed by atoms with Gasteiger partial charge in [0, 0.05) is 17.9 Å². The molecule has 4 aromatic carbocycles. The van der Waals surface area contributed by atoms with Crippen LogP contribution in [0.3, 0.4) is 0 Å². The van der Waals surface area contributed by atoms with Gasteiger partial charge in [0.2, 0.25) is 0 Å². The Balaban J connectivity index is 1.51. The fourth-order valence-corrected chi connectivity index (χ4v) is 4.59. The van der Waals surface area contributed by atoms with Crippen LogP contribution in [0.1, 0.15) is 5.56 Å². The highest BCUT2D eigenvalue weighted by atomic mass is 32.2. The molecule has 5 rings (SSSR count). The van der Waals surface area contributed by atoms with Crippen LogP contribution < -0.4 is 10.3 Å². The van der Waals surface area contributed by atoms with E-state index in [0.29, 0.717) is 33.2 Å². The van der Waals surface area contributed by atoms with Gasteiger partial charge in [-0.25, -0.2) is 4.98 Å². The number of hydrogen-bond acceptors (Lipinski definition) is 6. The number of benzene rings is 4. The third-order valence-corrected chi connectivity index (χ3v) is 6.32. The Morgan fingerprint density at radius 3 is 2.34 bits per heavy atom. The van der Waals surface area contributed by atoms with Gasteiger partial charge in [-0.2, -0.15) is 0 Å². The van der Waals surface area contributed by atoms with Gasteiger partial charge in [0.05, 0.1) is 21.5 Å². The Kier molecular flexibility index (Phi) is 6.28. The van der Waals surface area contributed by atoms with Gasteiger partial charge in [-0.1, -0.05) is 54.2 Å². The topological polar surface area (TPSA) is 87.3 Å². The van der Waals surface area contributed by atoms with Crippen molar-refractivity contribution in [3.63, 3.8) is 0 Å². The van der Waals surface area contributed by atoms with Crippen LogP contribution in [0.2, 0.25) is 0 Å². The van der Waals surface area contributed by atoms with Crippen molar-refractivity contribution in [2.75, 3.05) is 0 Å². The van der Waals surface area contributed by atoms with E-state index in [0.717, 1.165) is 11.3 Å². The summed E-state index contributed by atoms with van der Waals surface area (Å²) in [5, 5.41) is 12.1. The van der Waals surface area contributed by atoms with E-state index < -0.39 is 4.92 Å². The molecule has 0 aliphatic carbocycles. The monoisotopic (exact) mass is 481 g/mol. The normalized spacial score (nSPS) is 10.9. The molecule has 1 heterocycles. The number of ether oxygens (including phenoxy) is 1. The molecular weight excluding hydrogens is 462 g/mol. The summed E-state index contributed by atoms with van der Waals surface area (Å²) in [6.45, 7) is 0. The lowest BCUT2D eigenvalue weighted by Gasteiger charge is -2.14. The van der Waals surface area contributed by atoms with Gasteiger partial charge in [0.15, 0.2) is 5.16 Å². The molecule has 0 amide bonds. The smallest absolute Gasteiger partial charge is 0.269 e. The van der Waals surface area contributed by atoms with Crippen molar-refractivity contribution in [3.05, 3.63) is 129 Å². The maximum Gasteiger partial charge on any atom is 0.269 e. The van der Waals surface area contributed by atoms with Gasteiger partial charge in [0.25, 0.3) is 11.2 Å². The molecule has 0 saturated heterocycles. The molecule has 0 aliphatic rings. The molecule has 0 aliphatic heterocycles. The molecule has 0 atom stereocenters. The molecule has 7 nitrogen and oxygen atoms in total. The van der Waals surface area contributed by atoms with Crippen LogP contribution in [-0.4, -0.2) is 14.5 Å². The van der Waals surface area contributed by atoms with Crippen LogP contribution >= 0.6 is 11.8 Å². The first-order chi connectivity index (χ1) is 17.1. The van der Waals surface area contributed by atoms with Gasteiger partial charge in [-0.15, -0.1) is 0 Å². The third kappa shape index (κ3) is 4.92. The van der Waals surface area contributed by atoms with Crippen LogP contribution in [0.5, 0.6) is 11.5 Å². The first-order valence-electron chi connectivity index (χ1n) is 10.8. The second kappa shape index (κ2) is 9.82. The number of thioether (sulfide) groups is 1. The summed E-state index contributed by atoms with van der Waals surface area (Å²) in [7, 11) is 0. The van der Waals surface area contributed by atoms with Gasteiger partial charge < -0.3 is 4.74 Å². The number of rotatable bonds is 7. The number of aromatic nitrogens is 2. The fraction of sp³-hybridized carbons (Fsp3) is 0.0370.